The van der Waals surface area contributed by atoms with Gasteiger partial charge in [-0.1, -0.05) is 6.07 Å². The summed E-state index contributed by atoms with van der Waals surface area (Å²) in [6.45, 7) is 1.78. The monoisotopic (exact) mass is 280 g/mol. The minimum absolute atomic E-state index is 0.114. The maximum Gasteiger partial charge on any atom is 0.305 e. The molecule has 1 aromatic carbocycles. The molecule has 2 rings (SSSR count). The Bertz CT molecular complexity index is 486. The van der Waals surface area contributed by atoms with Crippen molar-refractivity contribution in [1.29, 1.82) is 0 Å². The second kappa shape index (κ2) is 6.11. The summed E-state index contributed by atoms with van der Waals surface area (Å²) < 4.78 is 11.1. The van der Waals surface area contributed by atoms with Crippen molar-refractivity contribution in [3.63, 3.8) is 0 Å². The quantitative estimate of drug-likeness (QED) is 0.804. The van der Waals surface area contributed by atoms with Crippen LogP contribution in [0.5, 0.6) is 11.5 Å². The van der Waals surface area contributed by atoms with E-state index in [-0.39, 0.29) is 12.5 Å². The number of carbonyl (C=O) groups is 1. The molecule has 20 heavy (non-hydrogen) atoms. The van der Waals surface area contributed by atoms with Crippen molar-refractivity contribution in [2.45, 2.75) is 18.6 Å². The third-order valence-electron chi connectivity index (χ3n) is 3.33. The number of carboxylic acids is 1. The van der Waals surface area contributed by atoms with Gasteiger partial charge in [0.25, 0.3) is 0 Å². The van der Waals surface area contributed by atoms with Crippen LogP contribution >= 0.6 is 0 Å². The molecule has 6 heteroatoms. The van der Waals surface area contributed by atoms with Crippen LogP contribution in [-0.4, -0.2) is 49.3 Å². The molecule has 0 saturated carbocycles. The minimum atomic E-state index is -0.922. The Morgan fingerprint density at radius 3 is 2.75 bits per heavy atom. The molecular weight excluding hydrogens is 260 g/mol. The first-order valence-electron chi connectivity index (χ1n) is 6.50. The Kier molecular flexibility index (Phi) is 4.46. The Hall–Kier alpha value is -1.79. The van der Waals surface area contributed by atoms with E-state index in [1.54, 1.807) is 25.3 Å². The van der Waals surface area contributed by atoms with Gasteiger partial charge in [-0.2, -0.15) is 0 Å². The van der Waals surface area contributed by atoms with E-state index < -0.39 is 12.0 Å². The van der Waals surface area contributed by atoms with Crippen molar-refractivity contribution in [1.82, 2.24) is 4.90 Å². The molecule has 0 radical (unpaired) electrons. The molecule has 3 N–H and O–H groups in total. The van der Waals surface area contributed by atoms with Gasteiger partial charge in [0, 0.05) is 19.1 Å². The van der Waals surface area contributed by atoms with Crippen LogP contribution in [0, 0.1) is 0 Å². The Balaban J connectivity index is 2.09. The molecule has 1 saturated heterocycles. The van der Waals surface area contributed by atoms with Crippen LogP contribution in [0.25, 0.3) is 0 Å². The molecule has 0 aliphatic carbocycles. The fourth-order valence-corrected chi connectivity index (χ4v) is 2.21. The fraction of sp³-hybridized carbons (Fsp3) is 0.500. The Labute approximate surface area is 118 Å². The van der Waals surface area contributed by atoms with Crippen LogP contribution < -0.4 is 15.2 Å². The van der Waals surface area contributed by atoms with Crippen LogP contribution in [0.4, 0.5) is 0 Å². The van der Waals surface area contributed by atoms with Crippen LogP contribution in [0.2, 0.25) is 0 Å². The molecule has 6 nitrogen and oxygen atoms in total. The molecule has 1 aromatic rings. The highest BCUT2D eigenvalue weighted by Crippen LogP contribution is 2.32. The molecule has 1 unspecified atom stereocenters. The Morgan fingerprint density at radius 2 is 2.20 bits per heavy atom. The van der Waals surface area contributed by atoms with E-state index in [2.05, 4.69) is 4.90 Å². The van der Waals surface area contributed by atoms with E-state index in [0.717, 1.165) is 18.7 Å². The summed E-state index contributed by atoms with van der Waals surface area (Å²) in [6.07, 6.45) is 0.0593. The molecule has 1 fully saturated rings. The molecule has 0 bridgehead atoms. The van der Waals surface area contributed by atoms with Gasteiger partial charge >= 0.3 is 5.97 Å². The number of likely N-dealkylation sites (tertiary alicyclic amines) is 1. The van der Waals surface area contributed by atoms with Crippen molar-refractivity contribution in [3.05, 3.63) is 23.8 Å². The highest BCUT2D eigenvalue weighted by atomic mass is 16.5. The predicted octanol–water partition coefficient (Wildman–Crippen LogP) is 0.862. The highest BCUT2D eigenvalue weighted by Gasteiger charge is 2.26. The van der Waals surface area contributed by atoms with Crippen molar-refractivity contribution < 1.29 is 19.4 Å². The highest BCUT2D eigenvalue weighted by molar-refractivity contribution is 5.68. The maximum absolute atomic E-state index is 10.7. The van der Waals surface area contributed by atoms with Gasteiger partial charge in [-0.3, -0.25) is 9.69 Å². The SMILES string of the molecule is COc1cc(C(N)CC(=O)O)ccc1OC1CN(C)C1. The molecule has 0 amide bonds. The molecular formula is C14H20N2O4. The first kappa shape index (κ1) is 14.6. The summed E-state index contributed by atoms with van der Waals surface area (Å²) in [6, 6.07) is 4.76. The molecule has 110 valence electrons. The van der Waals surface area contributed by atoms with Gasteiger partial charge in [0.2, 0.25) is 0 Å². The van der Waals surface area contributed by atoms with Gasteiger partial charge in [-0.25, -0.2) is 0 Å². The number of ether oxygens (including phenoxy) is 2. The van der Waals surface area contributed by atoms with Crippen molar-refractivity contribution in [2.75, 3.05) is 27.2 Å². The van der Waals surface area contributed by atoms with Crippen molar-refractivity contribution in [2.24, 2.45) is 5.73 Å². The second-order valence-electron chi connectivity index (χ2n) is 5.08. The zero-order chi connectivity index (χ0) is 14.7. The van der Waals surface area contributed by atoms with Crippen molar-refractivity contribution >= 4 is 5.97 Å². The van der Waals surface area contributed by atoms with E-state index in [1.807, 2.05) is 7.05 Å². The van der Waals surface area contributed by atoms with Gasteiger partial charge in [0.05, 0.1) is 13.5 Å². The van der Waals surface area contributed by atoms with Gasteiger partial charge in [-0.05, 0) is 24.7 Å². The minimum Gasteiger partial charge on any atom is -0.493 e. The van der Waals surface area contributed by atoms with Crippen LogP contribution in [0.3, 0.4) is 0 Å². The zero-order valence-corrected chi connectivity index (χ0v) is 11.7. The lowest BCUT2D eigenvalue weighted by Crippen LogP contribution is -2.51. The maximum atomic E-state index is 10.7. The lowest BCUT2D eigenvalue weighted by molar-refractivity contribution is -0.137. The average Bonchev–Trinajstić information content (AvgIpc) is 2.36. The largest absolute Gasteiger partial charge is 0.493 e. The van der Waals surface area contributed by atoms with E-state index in [1.165, 1.54) is 0 Å². The number of rotatable bonds is 6. The summed E-state index contributed by atoms with van der Waals surface area (Å²) in [7, 11) is 3.59. The van der Waals surface area contributed by atoms with E-state index in [4.69, 9.17) is 20.3 Å². The van der Waals surface area contributed by atoms with Crippen LogP contribution in [0.15, 0.2) is 18.2 Å². The van der Waals surface area contributed by atoms with Crippen molar-refractivity contribution in [3.8, 4) is 11.5 Å². The average molecular weight is 280 g/mol. The van der Waals surface area contributed by atoms with E-state index in [9.17, 15) is 4.79 Å². The number of nitrogens with zero attached hydrogens (tertiary/aromatic N) is 1. The molecule has 1 aliphatic heterocycles. The standard InChI is InChI=1S/C14H20N2O4/c1-16-7-10(8-16)20-12-4-3-9(5-13(12)19-2)11(15)6-14(17)18/h3-5,10-11H,6-8,15H2,1-2H3,(H,17,18). The predicted molar refractivity (Wildman–Crippen MR) is 74.1 cm³/mol. The summed E-state index contributed by atoms with van der Waals surface area (Å²) in [5.41, 5.74) is 6.57. The first-order chi connectivity index (χ1) is 9.49. The zero-order valence-electron chi connectivity index (χ0n) is 11.7. The lowest BCUT2D eigenvalue weighted by Gasteiger charge is -2.36. The molecule has 0 aromatic heterocycles. The van der Waals surface area contributed by atoms with E-state index >= 15 is 0 Å². The summed E-state index contributed by atoms with van der Waals surface area (Å²) in [5, 5.41) is 8.77. The molecule has 1 heterocycles. The van der Waals surface area contributed by atoms with Gasteiger partial charge in [0.15, 0.2) is 11.5 Å². The number of benzene rings is 1. The summed E-state index contributed by atoms with van der Waals surface area (Å²) >= 11 is 0. The molecule has 1 atom stereocenters. The number of carboxylic acid groups (broad SMARTS) is 1. The second-order valence-corrected chi connectivity index (χ2v) is 5.08. The topological polar surface area (TPSA) is 85.0 Å². The van der Waals surface area contributed by atoms with Crippen LogP contribution in [-0.2, 0) is 4.79 Å². The number of methoxy groups -OCH3 is 1. The third kappa shape index (κ3) is 3.40. The lowest BCUT2D eigenvalue weighted by atomic mass is 10.0. The summed E-state index contributed by atoms with van der Waals surface area (Å²) in [5.74, 6) is 0.323. The smallest absolute Gasteiger partial charge is 0.305 e. The number of nitrogens with two attached hydrogens (primary N) is 1. The molecule has 0 spiro atoms. The summed E-state index contributed by atoms with van der Waals surface area (Å²) in [4.78, 5) is 12.8. The number of likely N-dealkylation sites (N-methyl/N-ethyl adjacent to an activating group) is 1. The van der Waals surface area contributed by atoms with E-state index in [0.29, 0.717) is 11.5 Å². The number of hydrogen-bond donors (Lipinski definition) is 2. The van der Waals surface area contributed by atoms with Gasteiger partial charge in [-0.15, -0.1) is 0 Å². The fourth-order valence-electron chi connectivity index (χ4n) is 2.21. The number of aliphatic carboxylic acids is 1. The third-order valence-corrected chi connectivity index (χ3v) is 3.33. The number of hydrogen-bond acceptors (Lipinski definition) is 5. The normalized spacial score (nSPS) is 17.4. The first-order valence-corrected chi connectivity index (χ1v) is 6.50. The molecule has 1 aliphatic rings. The van der Waals surface area contributed by atoms with Gasteiger partial charge in [0.1, 0.15) is 6.10 Å². The Morgan fingerprint density at radius 1 is 1.50 bits per heavy atom. The van der Waals surface area contributed by atoms with Gasteiger partial charge < -0.3 is 20.3 Å². The van der Waals surface area contributed by atoms with Crippen LogP contribution in [0.1, 0.15) is 18.0 Å².